The predicted molar refractivity (Wildman–Crippen MR) is 113 cm³/mol. The van der Waals surface area contributed by atoms with Gasteiger partial charge in [-0.25, -0.2) is 9.78 Å². The molecule has 0 bridgehead atoms. The van der Waals surface area contributed by atoms with Crippen LogP contribution in [0.2, 0.25) is 0 Å². The Morgan fingerprint density at radius 2 is 1.86 bits per heavy atom. The first-order valence-electron chi connectivity index (χ1n) is 9.03. The first-order chi connectivity index (χ1) is 13.3. The lowest BCUT2D eigenvalue weighted by Crippen LogP contribution is -2.32. The Kier molecular flexibility index (Phi) is 6.19. The maximum Gasteiger partial charge on any atom is 0.407 e. The van der Waals surface area contributed by atoms with Crippen LogP contribution < -0.4 is 10.1 Å². The summed E-state index contributed by atoms with van der Waals surface area (Å²) in [6, 6.07) is 17.8. The molecule has 0 saturated carbocycles. The van der Waals surface area contributed by atoms with Crippen molar-refractivity contribution in [3.05, 3.63) is 70.3 Å². The molecule has 0 aliphatic heterocycles. The highest BCUT2D eigenvalue weighted by Gasteiger charge is 2.16. The molecule has 1 amide bonds. The molecule has 28 heavy (non-hydrogen) atoms. The van der Waals surface area contributed by atoms with E-state index in [1.807, 2.05) is 75.4 Å². The lowest BCUT2D eigenvalue weighted by atomic mass is 10.1. The SMILES string of the molecule is CC(C)(C)OC(=O)NCc1cc2ccc(Br)cc2c(OCc2ccccc2)n1. The summed E-state index contributed by atoms with van der Waals surface area (Å²) in [7, 11) is 0. The molecule has 3 aromatic rings. The number of amides is 1. The molecule has 0 fully saturated rings. The van der Waals surface area contributed by atoms with Gasteiger partial charge in [0.1, 0.15) is 12.2 Å². The standard InChI is InChI=1S/C22H23BrN2O3/c1-22(2,3)28-21(26)24-13-18-11-16-9-10-17(23)12-19(16)20(25-18)27-14-15-7-5-4-6-8-15/h4-12H,13-14H2,1-3H3,(H,24,26). The normalized spacial score (nSPS) is 11.3. The number of nitrogens with one attached hydrogen (secondary N) is 1. The van der Waals surface area contributed by atoms with Gasteiger partial charge >= 0.3 is 6.09 Å². The van der Waals surface area contributed by atoms with Gasteiger partial charge in [0.25, 0.3) is 0 Å². The van der Waals surface area contributed by atoms with E-state index in [1.54, 1.807) is 0 Å². The van der Waals surface area contributed by atoms with Gasteiger partial charge in [-0.05, 0) is 49.9 Å². The molecule has 0 aliphatic rings. The monoisotopic (exact) mass is 442 g/mol. The molecule has 1 aromatic heterocycles. The number of aromatic nitrogens is 1. The van der Waals surface area contributed by atoms with Gasteiger partial charge in [0.05, 0.1) is 12.2 Å². The number of fused-ring (bicyclic) bond motifs is 1. The summed E-state index contributed by atoms with van der Waals surface area (Å²) >= 11 is 3.50. The van der Waals surface area contributed by atoms with Crippen molar-refractivity contribution in [1.29, 1.82) is 0 Å². The van der Waals surface area contributed by atoms with Crippen LogP contribution in [-0.4, -0.2) is 16.7 Å². The maximum atomic E-state index is 11.9. The third kappa shape index (κ3) is 5.70. The van der Waals surface area contributed by atoms with Crippen molar-refractivity contribution in [3.63, 3.8) is 0 Å². The third-order valence-corrected chi connectivity index (χ3v) is 4.34. The third-order valence-electron chi connectivity index (χ3n) is 3.84. The Bertz CT molecular complexity index is 969. The lowest BCUT2D eigenvalue weighted by molar-refractivity contribution is 0.0522. The molecular formula is C22H23BrN2O3. The highest BCUT2D eigenvalue weighted by atomic mass is 79.9. The van der Waals surface area contributed by atoms with Crippen LogP contribution >= 0.6 is 15.9 Å². The van der Waals surface area contributed by atoms with E-state index in [-0.39, 0.29) is 6.54 Å². The molecule has 146 valence electrons. The molecular weight excluding hydrogens is 420 g/mol. The van der Waals surface area contributed by atoms with Crippen LogP contribution in [0.4, 0.5) is 4.79 Å². The number of ether oxygens (including phenoxy) is 2. The molecule has 3 rings (SSSR count). The smallest absolute Gasteiger partial charge is 0.407 e. The summed E-state index contributed by atoms with van der Waals surface area (Å²) in [5, 5.41) is 4.64. The van der Waals surface area contributed by atoms with E-state index in [0.717, 1.165) is 20.8 Å². The molecule has 0 unspecified atom stereocenters. The Hall–Kier alpha value is -2.60. The summed E-state index contributed by atoms with van der Waals surface area (Å²) in [6.45, 7) is 6.15. The minimum Gasteiger partial charge on any atom is -0.472 e. The van der Waals surface area contributed by atoms with E-state index >= 15 is 0 Å². The second-order valence-electron chi connectivity index (χ2n) is 7.41. The van der Waals surface area contributed by atoms with Crippen LogP contribution in [0.3, 0.4) is 0 Å². The van der Waals surface area contributed by atoms with Gasteiger partial charge in [0.15, 0.2) is 0 Å². The van der Waals surface area contributed by atoms with Gasteiger partial charge in [0, 0.05) is 9.86 Å². The van der Waals surface area contributed by atoms with Crippen LogP contribution in [0.5, 0.6) is 5.88 Å². The van der Waals surface area contributed by atoms with Gasteiger partial charge in [-0.2, -0.15) is 0 Å². The first-order valence-corrected chi connectivity index (χ1v) is 9.82. The van der Waals surface area contributed by atoms with Crippen LogP contribution in [0.15, 0.2) is 59.1 Å². The van der Waals surface area contributed by atoms with E-state index in [9.17, 15) is 4.79 Å². The van der Waals surface area contributed by atoms with E-state index in [4.69, 9.17) is 9.47 Å². The first kappa shape index (κ1) is 20.1. The largest absolute Gasteiger partial charge is 0.472 e. The maximum absolute atomic E-state index is 11.9. The van der Waals surface area contributed by atoms with Gasteiger partial charge in [-0.3, -0.25) is 0 Å². The summed E-state index contributed by atoms with van der Waals surface area (Å²) in [4.78, 5) is 16.5. The van der Waals surface area contributed by atoms with E-state index in [0.29, 0.717) is 18.2 Å². The minimum absolute atomic E-state index is 0.253. The molecule has 2 aromatic carbocycles. The zero-order valence-corrected chi connectivity index (χ0v) is 17.7. The Balaban J connectivity index is 1.81. The Morgan fingerprint density at radius 1 is 1.11 bits per heavy atom. The number of benzene rings is 2. The molecule has 0 spiro atoms. The average Bonchev–Trinajstić information content (AvgIpc) is 2.64. The van der Waals surface area contributed by atoms with Crippen LogP contribution in [0.1, 0.15) is 32.0 Å². The fourth-order valence-corrected chi connectivity index (χ4v) is 3.01. The number of hydrogen-bond acceptors (Lipinski definition) is 4. The van der Waals surface area contributed by atoms with Crippen LogP contribution in [0, 0.1) is 0 Å². The molecule has 6 heteroatoms. The number of alkyl carbamates (subject to hydrolysis) is 1. The number of carbonyl (C=O) groups excluding carboxylic acids is 1. The van der Waals surface area contributed by atoms with Crippen molar-refractivity contribution >= 4 is 32.8 Å². The zero-order valence-electron chi connectivity index (χ0n) is 16.2. The van der Waals surface area contributed by atoms with Crippen molar-refractivity contribution in [2.75, 3.05) is 0 Å². The van der Waals surface area contributed by atoms with Gasteiger partial charge in [0.2, 0.25) is 5.88 Å². The number of hydrogen-bond donors (Lipinski definition) is 1. The minimum atomic E-state index is -0.545. The summed E-state index contributed by atoms with van der Waals surface area (Å²) in [5.74, 6) is 0.531. The molecule has 0 saturated heterocycles. The van der Waals surface area contributed by atoms with Gasteiger partial charge in [-0.15, -0.1) is 0 Å². The van der Waals surface area contributed by atoms with Crippen molar-refractivity contribution in [2.24, 2.45) is 0 Å². The fourth-order valence-electron chi connectivity index (χ4n) is 2.65. The molecule has 0 radical (unpaired) electrons. The number of halogens is 1. The summed E-state index contributed by atoms with van der Waals surface area (Å²) < 4.78 is 12.2. The van der Waals surface area contributed by atoms with E-state index in [2.05, 4.69) is 26.2 Å². The van der Waals surface area contributed by atoms with Crippen LogP contribution in [0.25, 0.3) is 10.8 Å². The predicted octanol–water partition coefficient (Wildman–Crippen LogP) is 5.60. The molecule has 0 aliphatic carbocycles. The molecule has 5 nitrogen and oxygen atoms in total. The topological polar surface area (TPSA) is 60.5 Å². The highest BCUT2D eigenvalue weighted by molar-refractivity contribution is 9.10. The van der Waals surface area contributed by atoms with E-state index < -0.39 is 11.7 Å². The fraction of sp³-hybridized carbons (Fsp3) is 0.273. The molecule has 1 heterocycles. The van der Waals surface area contributed by atoms with Crippen molar-refractivity contribution in [2.45, 2.75) is 39.5 Å². The quantitative estimate of drug-likeness (QED) is 0.558. The van der Waals surface area contributed by atoms with E-state index in [1.165, 1.54) is 0 Å². The summed E-state index contributed by atoms with van der Waals surface area (Å²) in [5.41, 5.74) is 1.21. The summed E-state index contributed by atoms with van der Waals surface area (Å²) in [6.07, 6.45) is -0.475. The molecule has 1 N–H and O–H groups in total. The Labute approximate surface area is 173 Å². The number of nitrogens with zero attached hydrogens (tertiary/aromatic N) is 1. The van der Waals surface area contributed by atoms with Gasteiger partial charge in [-0.1, -0.05) is 52.3 Å². The second kappa shape index (κ2) is 8.61. The van der Waals surface area contributed by atoms with Crippen molar-refractivity contribution in [1.82, 2.24) is 10.3 Å². The second-order valence-corrected chi connectivity index (χ2v) is 8.33. The highest BCUT2D eigenvalue weighted by Crippen LogP contribution is 2.28. The Morgan fingerprint density at radius 3 is 2.57 bits per heavy atom. The lowest BCUT2D eigenvalue weighted by Gasteiger charge is -2.19. The number of rotatable bonds is 5. The van der Waals surface area contributed by atoms with Gasteiger partial charge < -0.3 is 14.8 Å². The average molecular weight is 443 g/mol. The van der Waals surface area contributed by atoms with Crippen molar-refractivity contribution in [3.8, 4) is 5.88 Å². The van der Waals surface area contributed by atoms with Crippen LogP contribution in [-0.2, 0) is 17.9 Å². The van der Waals surface area contributed by atoms with Crippen molar-refractivity contribution < 1.29 is 14.3 Å². The number of pyridine rings is 1. The number of carbonyl (C=O) groups is 1. The molecule has 0 atom stereocenters. The zero-order chi connectivity index (χ0) is 20.1.